The summed E-state index contributed by atoms with van der Waals surface area (Å²) in [7, 11) is 1.22. The number of nitriles is 1. The molecular formula is C33H40F2N10O4. The highest BCUT2D eigenvalue weighted by molar-refractivity contribution is 5.67. The van der Waals surface area contributed by atoms with Crippen LogP contribution in [-0.2, 0) is 16.0 Å². The number of nitrogens with zero attached hydrogens (tertiary/aromatic N) is 9. The van der Waals surface area contributed by atoms with E-state index in [0.29, 0.717) is 35.2 Å². The molecule has 6 rings (SSSR count). The molecule has 0 spiro atoms. The molecule has 0 radical (unpaired) electrons. The zero-order valence-corrected chi connectivity index (χ0v) is 27.5. The lowest BCUT2D eigenvalue weighted by atomic mass is 9.90. The minimum atomic E-state index is -3.19. The maximum Gasteiger partial charge on any atom is 0.304 e. The number of hydrogen-bond acceptors (Lipinski definition) is 12. The third kappa shape index (κ3) is 8.85. The molecule has 16 heteroatoms. The van der Waals surface area contributed by atoms with Crippen molar-refractivity contribution in [2.45, 2.75) is 63.3 Å². The Bertz CT molecular complexity index is 1680. The summed E-state index contributed by atoms with van der Waals surface area (Å²) < 4.78 is 53.9. The molecule has 1 unspecified atom stereocenters. The first-order chi connectivity index (χ1) is 23.8. The Kier molecular flexibility index (Phi) is 10.9. The average Bonchev–Trinajstić information content (AvgIpc) is 3.78. The van der Waals surface area contributed by atoms with E-state index in [1.807, 2.05) is 6.92 Å². The van der Waals surface area contributed by atoms with Gasteiger partial charge in [-0.25, -0.2) is 28.4 Å². The van der Waals surface area contributed by atoms with Gasteiger partial charge < -0.3 is 24.3 Å². The molecule has 14 nitrogen and oxygen atoms in total. The van der Waals surface area contributed by atoms with Crippen molar-refractivity contribution in [3.8, 4) is 28.8 Å². The Labute approximate surface area is 283 Å². The number of aromatic nitrogens is 7. The van der Waals surface area contributed by atoms with Crippen LogP contribution in [0.2, 0.25) is 0 Å². The lowest BCUT2D eigenvalue weighted by Crippen LogP contribution is -2.45. The molecule has 4 heterocycles. The van der Waals surface area contributed by atoms with Gasteiger partial charge in [0.1, 0.15) is 42.9 Å². The van der Waals surface area contributed by atoms with Crippen LogP contribution in [0.3, 0.4) is 0 Å². The van der Waals surface area contributed by atoms with Crippen molar-refractivity contribution in [3.63, 3.8) is 0 Å². The first kappa shape index (κ1) is 34.2. The van der Waals surface area contributed by atoms with Crippen LogP contribution < -0.4 is 14.8 Å². The average molecular weight is 679 g/mol. The van der Waals surface area contributed by atoms with Crippen LogP contribution in [0, 0.1) is 11.3 Å². The van der Waals surface area contributed by atoms with Crippen molar-refractivity contribution in [2.24, 2.45) is 0 Å². The summed E-state index contributed by atoms with van der Waals surface area (Å²) in [5.74, 6) is -2.50. The van der Waals surface area contributed by atoms with E-state index in [4.69, 9.17) is 14.2 Å². The quantitative estimate of drug-likeness (QED) is 0.200. The number of hydrogen-bond donors (Lipinski definition) is 1. The molecule has 4 aromatic rings. The van der Waals surface area contributed by atoms with Gasteiger partial charge in [-0.3, -0.25) is 9.58 Å². The summed E-state index contributed by atoms with van der Waals surface area (Å²) in [5, 5.41) is 21.4. The fourth-order valence-electron chi connectivity index (χ4n) is 6.21. The van der Waals surface area contributed by atoms with Crippen molar-refractivity contribution in [3.05, 3.63) is 55.0 Å². The first-order valence-corrected chi connectivity index (χ1v) is 16.3. The number of benzene rings is 1. The van der Waals surface area contributed by atoms with E-state index in [1.165, 1.54) is 13.4 Å². The molecule has 0 amide bonds. The number of morpholine rings is 1. The second-order valence-electron chi connectivity index (χ2n) is 12.3. The van der Waals surface area contributed by atoms with Crippen molar-refractivity contribution in [1.29, 1.82) is 5.26 Å². The molecule has 1 saturated carbocycles. The van der Waals surface area contributed by atoms with E-state index in [-0.39, 0.29) is 24.0 Å². The predicted octanol–water partition coefficient (Wildman–Crippen LogP) is 4.49. The van der Waals surface area contributed by atoms with Gasteiger partial charge in [-0.1, -0.05) is 6.07 Å². The predicted molar refractivity (Wildman–Crippen MR) is 174 cm³/mol. The molecule has 1 aliphatic heterocycles. The molecule has 1 N–H and O–H groups in total. The van der Waals surface area contributed by atoms with Crippen LogP contribution in [0.25, 0.3) is 11.1 Å². The van der Waals surface area contributed by atoms with Gasteiger partial charge in [0.15, 0.2) is 6.61 Å². The van der Waals surface area contributed by atoms with Gasteiger partial charge in [0, 0.05) is 44.2 Å². The molecule has 1 atom stereocenters. The second kappa shape index (κ2) is 15.7. The van der Waals surface area contributed by atoms with Crippen LogP contribution in [0.5, 0.6) is 11.6 Å². The van der Waals surface area contributed by atoms with Crippen molar-refractivity contribution < 1.29 is 27.7 Å². The summed E-state index contributed by atoms with van der Waals surface area (Å²) in [6, 6.07) is 8.02. The smallest absolute Gasteiger partial charge is 0.304 e. The van der Waals surface area contributed by atoms with Gasteiger partial charge in [-0.05, 0) is 50.3 Å². The largest absolute Gasteiger partial charge is 0.487 e. The monoisotopic (exact) mass is 678 g/mol. The third-order valence-electron chi connectivity index (χ3n) is 8.65. The third-order valence-corrected chi connectivity index (χ3v) is 8.65. The normalized spacial score (nSPS) is 19.2. The molecule has 2 aliphatic rings. The summed E-state index contributed by atoms with van der Waals surface area (Å²) in [6.07, 6.45) is 11.6. The zero-order valence-electron chi connectivity index (χ0n) is 27.5. The number of rotatable bonds is 14. The van der Waals surface area contributed by atoms with Crippen molar-refractivity contribution in [1.82, 2.24) is 39.4 Å². The van der Waals surface area contributed by atoms with Gasteiger partial charge in [0.2, 0.25) is 5.95 Å². The van der Waals surface area contributed by atoms with Gasteiger partial charge >= 0.3 is 5.92 Å². The fourth-order valence-corrected chi connectivity index (χ4v) is 6.21. The number of methoxy groups -OCH3 is 1. The molecule has 49 heavy (non-hydrogen) atoms. The molecular weight excluding hydrogens is 638 g/mol. The number of anilines is 2. The van der Waals surface area contributed by atoms with E-state index < -0.39 is 19.1 Å². The molecule has 0 bridgehead atoms. The van der Waals surface area contributed by atoms with Gasteiger partial charge in [0.05, 0.1) is 37.6 Å². The highest BCUT2D eigenvalue weighted by Crippen LogP contribution is 2.35. The maximum atomic E-state index is 14.3. The van der Waals surface area contributed by atoms with Crippen LogP contribution in [0.4, 0.5) is 20.4 Å². The SMILES string of the molecule is COCC(F)(F)COc1nn(C2CCC(N3CCOCC3)CC2)cc1Nc1ncc(-c2ccc(C#N)c(OC(C)Cn3cncn3)c2)cn1. The molecule has 1 saturated heterocycles. The van der Waals surface area contributed by atoms with Crippen LogP contribution >= 0.6 is 0 Å². The Morgan fingerprint density at radius 1 is 1.08 bits per heavy atom. The molecule has 3 aromatic heterocycles. The van der Waals surface area contributed by atoms with Gasteiger partial charge in [-0.2, -0.15) is 10.4 Å². The molecule has 2 fully saturated rings. The van der Waals surface area contributed by atoms with E-state index in [2.05, 4.69) is 46.2 Å². The minimum absolute atomic E-state index is 0.0349. The fraction of sp³-hybridized carbons (Fsp3) is 0.515. The molecule has 1 aromatic carbocycles. The lowest BCUT2D eigenvalue weighted by Gasteiger charge is -2.38. The summed E-state index contributed by atoms with van der Waals surface area (Å²) in [5.41, 5.74) is 2.21. The van der Waals surface area contributed by atoms with Crippen LogP contribution in [0.1, 0.15) is 44.2 Å². The Hall–Kier alpha value is -4.72. The number of ether oxygens (including phenoxy) is 4. The van der Waals surface area contributed by atoms with E-state index in [9.17, 15) is 14.0 Å². The van der Waals surface area contributed by atoms with Crippen molar-refractivity contribution in [2.75, 3.05) is 51.9 Å². The number of halogens is 2. The lowest BCUT2D eigenvalue weighted by molar-refractivity contribution is -0.0917. The molecule has 260 valence electrons. The van der Waals surface area contributed by atoms with Crippen molar-refractivity contribution >= 4 is 11.6 Å². The Balaban J connectivity index is 1.16. The second-order valence-corrected chi connectivity index (χ2v) is 12.3. The zero-order chi connectivity index (χ0) is 34.2. The number of alkyl halides is 2. The standard InChI is InChI=1S/C33H40F2N10O4/c1-23(17-44-22-37-21-40-44)49-30-13-24(3-4-25(30)14-36)26-15-38-32(39-16-26)41-29-18-45(42-31(29)48-20-33(34,35)19-46-2)28-7-5-27(6-8-28)43-9-11-47-12-10-43/h3-4,13,15-16,18,21-23,27-28H,5-12,17,19-20H2,1-2H3,(H,38,39,41). The topological polar surface area (TPSA) is 150 Å². The van der Waals surface area contributed by atoms with Crippen LogP contribution in [-0.4, -0.2) is 104 Å². The van der Waals surface area contributed by atoms with E-state index in [0.717, 1.165) is 57.6 Å². The van der Waals surface area contributed by atoms with Gasteiger partial charge in [-0.15, -0.1) is 5.10 Å². The summed E-state index contributed by atoms with van der Waals surface area (Å²) in [4.78, 5) is 15.4. The Morgan fingerprint density at radius 3 is 2.53 bits per heavy atom. The minimum Gasteiger partial charge on any atom is -0.487 e. The maximum absolute atomic E-state index is 14.3. The van der Waals surface area contributed by atoms with E-state index in [1.54, 1.807) is 52.5 Å². The summed E-state index contributed by atoms with van der Waals surface area (Å²) in [6.45, 7) is 4.10. The number of nitrogens with one attached hydrogen (secondary N) is 1. The Morgan fingerprint density at radius 2 is 1.84 bits per heavy atom. The van der Waals surface area contributed by atoms with E-state index >= 15 is 0 Å². The van der Waals surface area contributed by atoms with Gasteiger partial charge in [0.25, 0.3) is 5.88 Å². The molecule has 1 aliphatic carbocycles. The first-order valence-electron chi connectivity index (χ1n) is 16.3. The highest BCUT2D eigenvalue weighted by Gasteiger charge is 2.32. The highest BCUT2D eigenvalue weighted by atomic mass is 19.3. The summed E-state index contributed by atoms with van der Waals surface area (Å²) >= 11 is 0. The van der Waals surface area contributed by atoms with Crippen LogP contribution in [0.15, 0.2) is 49.4 Å².